The number of aliphatic hydroxyl groups excluding tert-OH is 2. The minimum absolute atomic E-state index is 0.374. The number of sulfonamides is 1. The Hall–Kier alpha value is -2.74. The third kappa shape index (κ3) is 6.90. The van der Waals surface area contributed by atoms with Gasteiger partial charge in [-0.1, -0.05) is 32.0 Å². The van der Waals surface area contributed by atoms with Crippen molar-refractivity contribution in [3.05, 3.63) is 58.3 Å². The monoisotopic (exact) mass is 513 g/mol. The van der Waals surface area contributed by atoms with Crippen molar-refractivity contribution in [3.63, 3.8) is 0 Å². The molecule has 0 saturated heterocycles. The highest BCUT2D eigenvalue weighted by Crippen LogP contribution is 2.33. The number of benzene rings is 2. The van der Waals surface area contributed by atoms with Gasteiger partial charge < -0.3 is 15.1 Å². The lowest BCUT2D eigenvalue weighted by molar-refractivity contribution is 0.0989. The number of hydrogen-bond acceptors (Lipinski definition) is 7. The number of allylic oxidation sites excluding steroid dienone is 1. The number of aliphatic hydroxyl groups is 2. The lowest BCUT2D eigenvalue weighted by Gasteiger charge is -2.24. The Morgan fingerprint density at radius 1 is 1.11 bits per heavy atom. The van der Waals surface area contributed by atoms with Crippen LogP contribution in [0.2, 0.25) is 0 Å². The van der Waals surface area contributed by atoms with E-state index in [4.69, 9.17) is 5.11 Å². The summed E-state index contributed by atoms with van der Waals surface area (Å²) in [6, 6.07) is 18.2. The fourth-order valence-electron chi connectivity index (χ4n) is 3.73. The van der Waals surface area contributed by atoms with Crippen LogP contribution >= 0.6 is 11.3 Å². The van der Waals surface area contributed by atoms with Gasteiger partial charge >= 0.3 is 0 Å². The second-order valence-electron chi connectivity index (χ2n) is 8.24. The topological polar surface area (TPSA) is 114 Å². The molecule has 0 radical (unpaired) electrons. The lowest BCUT2D eigenvalue weighted by Crippen LogP contribution is -2.34. The highest BCUT2D eigenvalue weighted by molar-refractivity contribution is 7.93. The zero-order chi connectivity index (χ0) is 25.4. The summed E-state index contributed by atoms with van der Waals surface area (Å²) in [6.45, 7) is 5.48. The first-order valence-corrected chi connectivity index (χ1v) is 13.9. The van der Waals surface area contributed by atoms with Gasteiger partial charge in [0.25, 0.3) is 10.0 Å². The van der Waals surface area contributed by atoms with Gasteiger partial charge in [0, 0.05) is 35.1 Å². The van der Waals surface area contributed by atoms with E-state index in [1.54, 1.807) is 12.1 Å². The van der Waals surface area contributed by atoms with E-state index >= 15 is 0 Å². The molecular formula is C26H31N3O4S2. The zero-order valence-electron chi connectivity index (χ0n) is 19.9. The number of anilines is 1. The van der Waals surface area contributed by atoms with Crippen LogP contribution < -0.4 is 9.62 Å². The lowest BCUT2D eigenvalue weighted by atomic mass is 10.0. The third-order valence-electron chi connectivity index (χ3n) is 5.48. The molecule has 35 heavy (non-hydrogen) atoms. The second-order valence-corrected chi connectivity index (χ2v) is 11.1. The molecule has 7 nitrogen and oxygen atoms in total. The average Bonchev–Trinajstić information content (AvgIpc) is 3.33. The molecule has 9 heteroatoms. The first kappa shape index (κ1) is 26.9. The molecule has 2 aromatic carbocycles. The fourth-order valence-corrected chi connectivity index (χ4v) is 5.72. The molecule has 3 N–H and O–H groups in total. The van der Waals surface area contributed by atoms with Gasteiger partial charge in [0.05, 0.1) is 12.7 Å². The van der Waals surface area contributed by atoms with E-state index in [9.17, 15) is 18.8 Å². The maximum atomic E-state index is 12.4. The number of nitrogens with zero attached hydrogens (tertiary/aromatic N) is 2. The smallest absolute Gasteiger partial charge is 0.250 e. The zero-order valence-corrected chi connectivity index (χ0v) is 21.6. The Kier molecular flexibility index (Phi) is 9.43. The summed E-state index contributed by atoms with van der Waals surface area (Å²) in [5.74, 6) is 0. The van der Waals surface area contributed by atoms with Crippen molar-refractivity contribution in [1.29, 1.82) is 5.26 Å². The highest BCUT2D eigenvalue weighted by atomic mass is 32.2. The maximum absolute atomic E-state index is 12.4. The summed E-state index contributed by atoms with van der Waals surface area (Å²) in [5, 5.41) is 29.9. The van der Waals surface area contributed by atoms with E-state index in [2.05, 4.69) is 59.9 Å². The molecule has 0 aliphatic rings. The Morgan fingerprint density at radius 3 is 2.46 bits per heavy atom. The first-order chi connectivity index (χ1) is 16.8. The summed E-state index contributed by atoms with van der Waals surface area (Å²) >= 11 is 1.39. The molecule has 0 bridgehead atoms. The highest BCUT2D eigenvalue weighted by Gasteiger charge is 2.19. The van der Waals surface area contributed by atoms with Crippen molar-refractivity contribution < 1.29 is 18.6 Å². The Morgan fingerprint density at radius 2 is 1.80 bits per heavy atom. The number of thiophene rings is 1. The van der Waals surface area contributed by atoms with Crippen molar-refractivity contribution in [2.75, 3.05) is 31.1 Å². The standard InChI is InChI=1S/C26H31N3O4S2/c1-3-11-29(12-4-2)22-8-7-19-13-21(6-5-20(19)14-22)26-10-9-24(34-26)15-25(16-27)35(32,33)28-17-23(31)18-30/h5-10,13-15,23,28,30-31H,3-4,11-12,17-18H2,1-2H3. The summed E-state index contributed by atoms with van der Waals surface area (Å²) in [7, 11) is -4.10. The van der Waals surface area contributed by atoms with Crippen molar-refractivity contribution in [2.24, 2.45) is 0 Å². The molecule has 0 aliphatic heterocycles. The minimum Gasteiger partial charge on any atom is -0.394 e. The van der Waals surface area contributed by atoms with Crippen LogP contribution in [0.25, 0.3) is 27.3 Å². The van der Waals surface area contributed by atoms with Crippen molar-refractivity contribution in [3.8, 4) is 16.5 Å². The molecule has 1 atom stereocenters. The summed E-state index contributed by atoms with van der Waals surface area (Å²) in [5.41, 5.74) is 2.24. The molecule has 0 spiro atoms. The predicted octanol–water partition coefficient (Wildman–Crippen LogP) is 4.33. The van der Waals surface area contributed by atoms with Gasteiger partial charge in [-0.15, -0.1) is 11.3 Å². The number of nitriles is 1. The normalized spacial score (nSPS) is 13.1. The minimum atomic E-state index is -4.10. The van der Waals surface area contributed by atoms with Crippen LogP contribution in [0.1, 0.15) is 31.6 Å². The quantitative estimate of drug-likeness (QED) is 0.311. The van der Waals surface area contributed by atoms with Crippen LogP contribution in [0.3, 0.4) is 0 Å². The molecule has 1 heterocycles. The van der Waals surface area contributed by atoms with E-state index in [-0.39, 0.29) is 6.54 Å². The van der Waals surface area contributed by atoms with Crippen LogP contribution in [0.15, 0.2) is 53.4 Å². The number of fused-ring (bicyclic) bond motifs is 1. The summed E-state index contributed by atoms with van der Waals surface area (Å²) < 4.78 is 26.9. The molecule has 0 aliphatic carbocycles. The molecule has 186 valence electrons. The van der Waals surface area contributed by atoms with E-state index in [1.807, 2.05) is 6.07 Å². The van der Waals surface area contributed by atoms with Gasteiger partial charge in [-0.05, 0) is 65.6 Å². The van der Waals surface area contributed by atoms with E-state index < -0.39 is 27.6 Å². The molecule has 1 aromatic heterocycles. The SMILES string of the molecule is CCCN(CCC)c1ccc2cc(-c3ccc(C=C(C#N)S(=O)(=O)NCC(O)CO)s3)ccc2c1. The number of rotatable bonds is 12. The molecular weight excluding hydrogens is 482 g/mol. The molecule has 0 fully saturated rings. The van der Waals surface area contributed by atoms with Gasteiger partial charge in [0.15, 0.2) is 4.91 Å². The molecule has 0 amide bonds. The van der Waals surface area contributed by atoms with Gasteiger partial charge in [-0.25, -0.2) is 13.1 Å². The van der Waals surface area contributed by atoms with Crippen LogP contribution in [0.4, 0.5) is 5.69 Å². The Labute approximate surface area is 211 Å². The van der Waals surface area contributed by atoms with Crippen LogP contribution in [-0.4, -0.2) is 51.0 Å². The van der Waals surface area contributed by atoms with Crippen LogP contribution in [0.5, 0.6) is 0 Å². The summed E-state index contributed by atoms with van der Waals surface area (Å²) in [6.07, 6.45) is 2.28. The molecule has 1 unspecified atom stereocenters. The molecule has 3 rings (SSSR count). The van der Waals surface area contributed by atoms with E-state index in [0.29, 0.717) is 4.88 Å². The second kappa shape index (κ2) is 12.3. The number of nitrogens with one attached hydrogen (secondary N) is 1. The van der Waals surface area contributed by atoms with Gasteiger partial charge in [-0.2, -0.15) is 5.26 Å². The van der Waals surface area contributed by atoms with Crippen LogP contribution in [-0.2, 0) is 10.0 Å². The van der Waals surface area contributed by atoms with Gasteiger partial charge in [0.2, 0.25) is 0 Å². The molecule has 3 aromatic rings. The van der Waals surface area contributed by atoms with Crippen molar-refractivity contribution >= 4 is 43.9 Å². The fraction of sp³-hybridized carbons (Fsp3) is 0.346. The first-order valence-electron chi connectivity index (χ1n) is 11.6. The predicted molar refractivity (Wildman–Crippen MR) is 144 cm³/mol. The Balaban J connectivity index is 1.84. The average molecular weight is 514 g/mol. The largest absolute Gasteiger partial charge is 0.394 e. The van der Waals surface area contributed by atoms with Crippen molar-refractivity contribution in [1.82, 2.24) is 4.72 Å². The van der Waals surface area contributed by atoms with E-state index in [0.717, 1.165) is 47.1 Å². The maximum Gasteiger partial charge on any atom is 0.250 e. The van der Waals surface area contributed by atoms with Gasteiger partial charge in [0.1, 0.15) is 6.07 Å². The van der Waals surface area contributed by atoms with Crippen molar-refractivity contribution in [2.45, 2.75) is 32.8 Å². The van der Waals surface area contributed by atoms with E-state index in [1.165, 1.54) is 23.1 Å². The number of hydrogen-bond donors (Lipinski definition) is 3. The Bertz CT molecular complexity index is 1320. The van der Waals surface area contributed by atoms with Gasteiger partial charge in [-0.3, -0.25) is 0 Å². The van der Waals surface area contributed by atoms with Crippen LogP contribution in [0, 0.1) is 11.3 Å². The molecule has 0 saturated carbocycles. The third-order valence-corrected chi connectivity index (χ3v) is 7.90. The summed E-state index contributed by atoms with van der Waals surface area (Å²) in [4.78, 5) is 3.53.